The molecule has 4 rings (SSSR count). The van der Waals surface area contributed by atoms with E-state index in [1.54, 1.807) is 30.0 Å². The van der Waals surface area contributed by atoms with Crippen LogP contribution in [0.5, 0.6) is 6.01 Å². The molecule has 0 radical (unpaired) electrons. The van der Waals surface area contributed by atoms with Crippen molar-refractivity contribution >= 4 is 29.0 Å². The zero-order chi connectivity index (χ0) is 20.4. The van der Waals surface area contributed by atoms with Crippen molar-refractivity contribution in [2.24, 2.45) is 4.99 Å². The van der Waals surface area contributed by atoms with Gasteiger partial charge in [-0.3, -0.25) is 5.06 Å². The van der Waals surface area contributed by atoms with Crippen LogP contribution in [-0.2, 0) is 0 Å². The van der Waals surface area contributed by atoms with Crippen molar-refractivity contribution in [2.45, 2.75) is 4.90 Å². The molecule has 3 aromatic rings. The predicted molar refractivity (Wildman–Crippen MR) is 111 cm³/mol. The fourth-order valence-corrected chi connectivity index (χ4v) is 3.43. The molecule has 29 heavy (non-hydrogen) atoms. The Hall–Kier alpha value is -3.07. The van der Waals surface area contributed by atoms with Gasteiger partial charge in [0, 0.05) is 16.7 Å². The lowest BCUT2D eigenvalue weighted by Crippen LogP contribution is -3.06. The maximum absolute atomic E-state index is 13.4. The molecule has 0 spiro atoms. The second kappa shape index (κ2) is 8.12. The number of amidine groups is 1. The fourth-order valence-electron chi connectivity index (χ4n) is 3.02. The Bertz CT molecular complexity index is 1100. The van der Waals surface area contributed by atoms with Crippen molar-refractivity contribution in [3.8, 4) is 6.01 Å². The van der Waals surface area contributed by atoms with Gasteiger partial charge in [-0.15, -0.1) is 11.8 Å². The molecule has 2 aromatic carbocycles. The van der Waals surface area contributed by atoms with Crippen LogP contribution in [0.2, 0.25) is 0 Å². The van der Waals surface area contributed by atoms with E-state index >= 15 is 0 Å². The van der Waals surface area contributed by atoms with Gasteiger partial charge in [-0.25, -0.2) is 9.37 Å². The molecule has 0 saturated carbocycles. The topological polar surface area (TPSA) is 74.9 Å². The van der Waals surface area contributed by atoms with Gasteiger partial charge in [-0.1, -0.05) is 0 Å². The van der Waals surface area contributed by atoms with Crippen molar-refractivity contribution in [2.75, 3.05) is 13.4 Å². The third-order valence-electron chi connectivity index (χ3n) is 4.46. The number of ether oxygens (including phenoxy) is 1. The third kappa shape index (κ3) is 3.77. The fraction of sp³-hybridized carbons (Fsp3) is 0.0952. The summed E-state index contributed by atoms with van der Waals surface area (Å²) in [5.41, 5.74) is 2.52. The van der Waals surface area contributed by atoms with E-state index in [1.165, 1.54) is 25.4 Å². The molecular weight excluding hydrogens is 391 g/mol. The number of aliphatic imine (C=N–C) groups is 1. The summed E-state index contributed by atoms with van der Waals surface area (Å²) in [5.74, 6) is -0.0367. The molecular formula is C21H17FN4O2S. The maximum atomic E-state index is 13.4. The molecule has 1 atom stereocenters. The van der Waals surface area contributed by atoms with Crippen molar-refractivity contribution in [3.05, 3.63) is 88.6 Å². The predicted octanol–water partition coefficient (Wildman–Crippen LogP) is 3.02. The molecule has 1 N–H and O–H groups in total. The number of aromatic nitrogens is 2. The van der Waals surface area contributed by atoms with Crippen LogP contribution in [0, 0.1) is 11.0 Å². The summed E-state index contributed by atoms with van der Waals surface area (Å²) in [6, 6.07) is 15.3. The number of rotatable bonds is 5. The lowest BCUT2D eigenvalue weighted by atomic mass is 10.1. The van der Waals surface area contributed by atoms with Crippen LogP contribution >= 0.6 is 11.8 Å². The SMILES string of the molecule is COc1nccc(C2=C(c3ccc(F)cc3)N=C(c3ccc(SC)cc3)[NH+]2[O-])n1. The normalized spacial score (nSPS) is 16.1. The monoisotopic (exact) mass is 408 g/mol. The number of halogens is 1. The molecule has 0 saturated heterocycles. The van der Waals surface area contributed by atoms with E-state index in [0.717, 1.165) is 4.90 Å². The number of benzene rings is 2. The van der Waals surface area contributed by atoms with Crippen molar-refractivity contribution in [1.29, 1.82) is 0 Å². The maximum Gasteiger partial charge on any atom is 0.316 e. The summed E-state index contributed by atoms with van der Waals surface area (Å²) in [7, 11) is 1.46. The summed E-state index contributed by atoms with van der Waals surface area (Å²) in [5, 5.41) is 13.1. The van der Waals surface area contributed by atoms with E-state index in [9.17, 15) is 9.60 Å². The van der Waals surface area contributed by atoms with Crippen molar-refractivity contribution in [1.82, 2.24) is 9.97 Å². The van der Waals surface area contributed by atoms with E-state index in [4.69, 9.17) is 4.74 Å². The summed E-state index contributed by atoms with van der Waals surface area (Å²) in [6.07, 6.45) is 3.51. The van der Waals surface area contributed by atoms with E-state index in [1.807, 2.05) is 30.5 Å². The van der Waals surface area contributed by atoms with Gasteiger partial charge in [0.2, 0.25) is 5.84 Å². The molecule has 1 aliphatic heterocycles. The Balaban J connectivity index is 1.84. The Morgan fingerprint density at radius 1 is 1.00 bits per heavy atom. The molecule has 0 bridgehead atoms. The number of thioether (sulfide) groups is 1. The van der Waals surface area contributed by atoms with Crippen LogP contribution in [0.1, 0.15) is 16.8 Å². The van der Waals surface area contributed by atoms with Gasteiger partial charge in [0.25, 0.3) is 0 Å². The Morgan fingerprint density at radius 3 is 2.34 bits per heavy atom. The van der Waals surface area contributed by atoms with Crippen LogP contribution in [0.25, 0.3) is 11.4 Å². The Kier molecular flexibility index (Phi) is 5.39. The van der Waals surface area contributed by atoms with Crippen LogP contribution in [0.4, 0.5) is 4.39 Å². The largest absolute Gasteiger partial charge is 0.622 e. The van der Waals surface area contributed by atoms with E-state index in [-0.39, 0.29) is 16.9 Å². The molecule has 0 fully saturated rings. The second-order valence-corrected chi connectivity index (χ2v) is 7.06. The van der Waals surface area contributed by atoms with E-state index in [0.29, 0.717) is 34.1 Å². The first-order valence-corrected chi connectivity index (χ1v) is 9.98. The minimum atomic E-state index is -0.360. The number of nitrogens with zero attached hydrogens (tertiary/aromatic N) is 3. The van der Waals surface area contributed by atoms with Gasteiger partial charge >= 0.3 is 6.01 Å². The summed E-state index contributed by atoms with van der Waals surface area (Å²) in [4.78, 5) is 14.0. The van der Waals surface area contributed by atoms with Crippen LogP contribution in [-0.4, -0.2) is 29.2 Å². The number of quaternary nitrogens is 1. The minimum absolute atomic E-state index is 0.152. The quantitative estimate of drug-likeness (QED) is 0.519. The van der Waals surface area contributed by atoms with Gasteiger partial charge in [0.15, 0.2) is 5.70 Å². The molecule has 0 amide bonds. The molecule has 6 nitrogen and oxygen atoms in total. The Morgan fingerprint density at radius 2 is 1.69 bits per heavy atom. The summed E-state index contributed by atoms with van der Waals surface area (Å²) < 4.78 is 18.5. The molecule has 2 heterocycles. The molecule has 1 aliphatic rings. The van der Waals surface area contributed by atoms with E-state index in [2.05, 4.69) is 15.0 Å². The molecule has 0 aliphatic carbocycles. The van der Waals surface area contributed by atoms with E-state index < -0.39 is 0 Å². The summed E-state index contributed by atoms with van der Waals surface area (Å²) >= 11 is 1.62. The smallest absolute Gasteiger partial charge is 0.316 e. The van der Waals surface area contributed by atoms with Crippen LogP contribution in [0.3, 0.4) is 0 Å². The highest BCUT2D eigenvalue weighted by molar-refractivity contribution is 7.98. The third-order valence-corrected chi connectivity index (χ3v) is 5.20. The van der Waals surface area contributed by atoms with Crippen molar-refractivity contribution < 1.29 is 14.2 Å². The Labute approximate surface area is 171 Å². The van der Waals surface area contributed by atoms with Gasteiger partial charge < -0.3 is 9.94 Å². The highest BCUT2D eigenvalue weighted by Gasteiger charge is 2.32. The molecule has 1 aromatic heterocycles. The lowest BCUT2D eigenvalue weighted by Gasteiger charge is -2.20. The number of hydrogen-bond acceptors (Lipinski definition) is 6. The zero-order valence-corrected chi connectivity index (χ0v) is 16.5. The lowest BCUT2D eigenvalue weighted by molar-refractivity contribution is -0.655. The first-order valence-electron chi connectivity index (χ1n) is 8.76. The molecule has 146 valence electrons. The van der Waals surface area contributed by atoms with Gasteiger partial charge in [0.05, 0.1) is 12.7 Å². The number of methoxy groups -OCH3 is 1. The van der Waals surface area contributed by atoms with Crippen molar-refractivity contribution in [3.63, 3.8) is 0 Å². The summed E-state index contributed by atoms with van der Waals surface area (Å²) in [6.45, 7) is 0. The van der Waals surface area contributed by atoms with Crippen LogP contribution < -0.4 is 9.80 Å². The zero-order valence-electron chi connectivity index (χ0n) is 15.7. The minimum Gasteiger partial charge on any atom is -0.622 e. The highest BCUT2D eigenvalue weighted by Crippen LogP contribution is 2.28. The second-order valence-electron chi connectivity index (χ2n) is 6.18. The van der Waals surface area contributed by atoms with Gasteiger partial charge in [-0.2, -0.15) is 9.98 Å². The molecule has 1 unspecified atom stereocenters. The number of hydrogen-bond donors (Lipinski definition) is 1. The number of hydroxylamine groups is 2. The number of nitrogens with one attached hydrogen (secondary N) is 1. The highest BCUT2D eigenvalue weighted by atomic mass is 32.2. The van der Waals surface area contributed by atoms with Gasteiger partial charge in [0.1, 0.15) is 17.2 Å². The average Bonchev–Trinajstić information content (AvgIpc) is 3.11. The van der Waals surface area contributed by atoms with Crippen LogP contribution in [0.15, 0.2) is 70.7 Å². The standard InChI is InChI=1S/C21H17FN4O2S/c1-28-21-23-12-11-17(24-21)19-18(13-3-7-15(22)8-4-13)25-20(26(19)27)14-5-9-16(29-2)10-6-14/h3-12,26H,1-2H3. The molecule has 8 heteroatoms. The first-order chi connectivity index (χ1) is 14.1. The average molecular weight is 408 g/mol. The first kappa shape index (κ1) is 19.3. The van der Waals surface area contributed by atoms with Gasteiger partial charge in [-0.05, 0) is 60.9 Å².